The first kappa shape index (κ1) is 18.9. The van der Waals surface area contributed by atoms with E-state index in [1.807, 2.05) is 41.5 Å². The number of carbonyl (C=O) groups is 1. The van der Waals surface area contributed by atoms with Gasteiger partial charge in [-0.05, 0) is 47.5 Å². The third-order valence-corrected chi connectivity index (χ3v) is 2.94. The molecule has 0 N–H and O–H groups in total. The Balaban J connectivity index is 4.27. The second-order valence-electron chi connectivity index (χ2n) is 5.90. The van der Waals surface area contributed by atoms with Crippen molar-refractivity contribution in [2.45, 2.75) is 73.4 Å². The number of hydrogen-bond acceptors (Lipinski definition) is 5. The van der Waals surface area contributed by atoms with Crippen LogP contribution in [0.1, 0.15) is 55.4 Å². The highest BCUT2D eigenvalue weighted by Crippen LogP contribution is 2.20. The number of rotatable bonds is 8. The van der Waals surface area contributed by atoms with Crippen molar-refractivity contribution < 1.29 is 24.0 Å². The zero-order chi connectivity index (χ0) is 15.9. The fourth-order valence-corrected chi connectivity index (χ4v) is 1.02. The average molecular weight is 288 g/mol. The van der Waals surface area contributed by atoms with Crippen LogP contribution in [-0.2, 0) is 24.0 Å². The smallest absolute Gasteiger partial charge is 0.339 e. The van der Waals surface area contributed by atoms with Crippen LogP contribution in [-0.4, -0.2) is 24.0 Å². The van der Waals surface area contributed by atoms with Crippen LogP contribution < -0.4 is 0 Å². The summed E-state index contributed by atoms with van der Waals surface area (Å²) in [5.41, 5.74) is -0.127. The van der Waals surface area contributed by atoms with Gasteiger partial charge < -0.3 is 14.4 Å². The van der Waals surface area contributed by atoms with Crippen molar-refractivity contribution in [2.24, 2.45) is 5.92 Å². The third-order valence-electron chi connectivity index (χ3n) is 2.94. The zero-order valence-electron chi connectivity index (χ0n) is 13.9. The summed E-state index contributed by atoms with van der Waals surface area (Å²) in [7, 11) is 0. The molecule has 0 aromatic rings. The summed E-state index contributed by atoms with van der Waals surface area (Å²) in [6.07, 6.45) is 0.640. The van der Waals surface area contributed by atoms with Gasteiger partial charge in [-0.15, -0.1) is 0 Å². The molecule has 1 atom stereocenters. The van der Waals surface area contributed by atoms with E-state index in [1.165, 1.54) is 6.26 Å². The van der Waals surface area contributed by atoms with Gasteiger partial charge in [-0.1, -0.05) is 13.8 Å². The Morgan fingerprint density at radius 2 is 1.65 bits per heavy atom. The average Bonchev–Trinajstić information content (AvgIpc) is 2.26. The van der Waals surface area contributed by atoms with E-state index in [4.69, 9.17) is 19.2 Å². The standard InChI is InChI=1S/C15H28O5/c1-10(2)15(7,8)20-17-9-12(5)14(16)19-13(6)18-11(3)4/h9-11,13H,1-8H3. The van der Waals surface area contributed by atoms with Crippen LogP contribution in [0.25, 0.3) is 0 Å². The monoisotopic (exact) mass is 288 g/mol. The molecule has 0 aliphatic carbocycles. The number of esters is 1. The van der Waals surface area contributed by atoms with Crippen molar-refractivity contribution in [3.8, 4) is 0 Å². The molecule has 0 aliphatic heterocycles. The Morgan fingerprint density at radius 1 is 1.10 bits per heavy atom. The molecular weight excluding hydrogens is 260 g/mol. The van der Waals surface area contributed by atoms with E-state index in [0.29, 0.717) is 5.57 Å². The van der Waals surface area contributed by atoms with Gasteiger partial charge in [0, 0.05) is 0 Å². The van der Waals surface area contributed by atoms with Crippen LogP contribution in [0.3, 0.4) is 0 Å². The van der Waals surface area contributed by atoms with E-state index in [-0.39, 0.29) is 12.0 Å². The molecule has 5 heteroatoms. The molecule has 0 aromatic heterocycles. The summed E-state index contributed by atoms with van der Waals surface area (Å²) in [5, 5.41) is 0. The van der Waals surface area contributed by atoms with Gasteiger partial charge in [-0.3, -0.25) is 0 Å². The Morgan fingerprint density at radius 3 is 2.10 bits per heavy atom. The van der Waals surface area contributed by atoms with E-state index < -0.39 is 17.9 Å². The van der Waals surface area contributed by atoms with E-state index >= 15 is 0 Å². The molecule has 0 saturated carbocycles. The van der Waals surface area contributed by atoms with Crippen molar-refractivity contribution in [3.63, 3.8) is 0 Å². The predicted molar refractivity (Wildman–Crippen MR) is 76.6 cm³/mol. The first-order chi connectivity index (χ1) is 9.06. The molecule has 0 fully saturated rings. The van der Waals surface area contributed by atoms with Gasteiger partial charge in [-0.2, -0.15) is 4.89 Å². The predicted octanol–water partition coefficient (Wildman–Crippen LogP) is 3.59. The quantitative estimate of drug-likeness (QED) is 0.171. The molecule has 0 amide bonds. The minimum atomic E-state index is -0.598. The lowest BCUT2D eigenvalue weighted by molar-refractivity contribution is -0.327. The first-order valence-corrected chi connectivity index (χ1v) is 6.94. The first-order valence-electron chi connectivity index (χ1n) is 6.94. The minimum absolute atomic E-state index is 0.00601. The Kier molecular flexibility index (Phi) is 7.83. The second-order valence-corrected chi connectivity index (χ2v) is 5.90. The highest BCUT2D eigenvalue weighted by Gasteiger charge is 2.25. The summed E-state index contributed by atoms with van der Waals surface area (Å²) in [6.45, 7) is 14.9. The van der Waals surface area contributed by atoms with E-state index in [1.54, 1.807) is 13.8 Å². The van der Waals surface area contributed by atoms with Gasteiger partial charge in [0.15, 0.2) is 0 Å². The van der Waals surface area contributed by atoms with Gasteiger partial charge in [0.1, 0.15) is 11.9 Å². The van der Waals surface area contributed by atoms with E-state index in [2.05, 4.69) is 0 Å². The van der Waals surface area contributed by atoms with Crippen LogP contribution in [0, 0.1) is 5.92 Å². The normalized spacial score (nSPS) is 14.6. The molecule has 0 aromatic carbocycles. The molecule has 0 heterocycles. The Bertz CT molecular complexity index is 331. The summed E-state index contributed by atoms with van der Waals surface area (Å²) >= 11 is 0. The highest BCUT2D eigenvalue weighted by molar-refractivity contribution is 5.87. The van der Waals surface area contributed by atoms with Gasteiger partial charge >= 0.3 is 5.97 Å². The molecule has 0 saturated heterocycles. The number of carbonyl (C=O) groups excluding carboxylic acids is 1. The maximum Gasteiger partial charge on any atom is 0.339 e. The van der Waals surface area contributed by atoms with Crippen molar-refractivity contribution >= 4 is 5.97 Å². The highest BCUT2D eigenvalue weighted by atomic mass is 17.2. The largest absolute Gasteiger partial charge is 0.433 e. The summed E-state index contributed by atoms with van der Waals surface area (Å²) in [5.74, 6) is -0.216. The fourth-order valence-electron chi connectivity index (χ4n) is 1.02. The summed E-state index contributed by atoms with van der Waals surface area (Å²) < 4.78 is 10.4. The minimum Gasteiger partial charge on any atom is -0.433 e. The fraction of sp³-hybridized carbons (Fsp3) is 0.800. The third kappa shape index (κ3) is 7.50. The molecule has 0 bridgehead atoms. The lowest BCUT2D eigenvalue weighted by Crippen LogP contribution is -2.30. The molecule has 0 aliphatic rings. The lowest BCUT2D eigenvalue weighted by Gasteiger charge is -2.26. The van der Waals surface area contributed by atoms with Crippen LogP contribution in [0.15, 0.2) is 11.8 Å². The molecule has 20 heavy (non-hydrogen) atoms. The SMILES string of the molecule is CC(=COOC(C)(C)C(C)C)C(=O)OC(C)OC(C)C. The van der Waals surface area contributed by atoms with Crippen LogP contribution in [0.2, 0.25) is 0 Å². The van der Waals surface area contributed by atoms with Crippen molar-refractivity contribution in [1.29, 1.82) is 0 Å². The van der Waals surface area contributed by atoms with E-state index in [9.17, 15) is 4.79 Å². The van der Waals surface area contributed by atoms with Gasteiger partial charge in [0.25, 0.3) is 0 Å². The van der Waals surface area contributed by atoms with Crippen LogP contribution in [0.5, 0.6) is 0 Å². The van der Waals surface area contributed by atoms with Crippen molar-refractivity contribution in [1.82, 2.24) is 0 Å². The van der Waals surface area contributed by atoms with Crippen LogP contribution in [0.4, 0.5) is 0 Å². The summed E-state index contributed by atoms with van der Waals surface area (Å²) in [6, 6.07) is 0. The van der Waals surface area contributed by atoms with Crippen molar-refractivity contribution in [2.75, 3.05) is 0 Å². The molecule has 0 rings (SSSR count). The number of hydrogen-bond donors (Lipinski definition) is 0. The Labute approximate surface area is 122 Å². The zero-order valence-corrected chi connectivity index (χ0v) is 13.9. The Hall–Kier alpha value is -1.07. The molecule has 1 unspecified atom stereocenters. The molecule has 118 valence electrons. The molecular formula is C15H28O5. The second kappa shape index (κ2) is 8.27. The van der Waals surface area contributed by atoms with Crippen molar-refractivity contribution in [3.05, 3.63) is 11.8 Å². The maximum atomic E-state index is 11.7. The van der Waals surface area contributed by atoms with Gasteiger partial charge in [0.2, 0.25) is 6.29 Å². The molecule has 0 radical (unpaired) electrons. The van der Waals surface area contributed by atoms with Gasteiger partial charge in [0.05, 0.1) is 11.7 Å². The molecule has 5 nitrogen and oxygen atoms in total. The van der Waals surface area contributed by atoms with Crippen LogP contribution >= 0.6 is 0 Å². The maximum absolute atomic E-state index is 11.7. The van der Waals surface area contributed by atoms with Gasteiger partial charge in [-0.25, -0.2) is 4.79 Å². The molecule has 0 spiro atoms. The summed E-state index contributed by atoms with van der Waals surface area (Å²) in [4.78, 5) is 22.0. The topological polar surface area (TPSA) is 54.0 Å². The number of ether oxygens (including phenoxy) is 2. The lowest BCUT2D eigenvalue weighted by atomic mass is 9.95. The van der Waals surface area contributed by atoms with E-state index in [0.717, 1.165) is 0 Å².